The van der Waals surface area contributed by atoms with E-state index in [0.717, 1.165) is 0 Å². The normalized spacial score (nSPS) is 26.2. The lowest BCUT2D eigenvalue weighted by Crippen LogP contribution is -2.24. The molecular weight excluding hydrogens is 236 g/mol. The number of hydrogen-bond donors (Lipinski definition) is 0. The number of halogens is 4. The van der Waals surface area contributed by atoms with Gasteiger partial charge in [0.05, 0.1) is 5.56 Å². The molecule has 5 heteroatoms. The second-order valence-corrected chi connectivity index (χ2v) is 4.62. The van der Waals surface area contributed by atoms with Crippen LogP contribution in [0.2, 0.25) is 0 Å². The Bertz CT molecular complexity index is 538. The van der Waals surface area contributed by atoms with Gasteiger partial charge in [-0.3, -0.25) is 4.79 Å². The van der Waals surface area contributed by atoms with Crippen molar-refractivity contribution in [1.29, 1.82) is 0 Å². The molecule has 3 rings (SSSR count). The lowest BCUT2D eigenvalue weighted by atomic mass is 9.81. The van der Waals surface area contributed by atoms with Gasteiger partial charge < -0.3 is 0 Å². The molecule has 0 saturated heterocycles. The molecule has 1 saturated carbocycles. The van der Waals surface area contributed by atoms with Crippen molar-refractivity contribution in [2.24, 2.45) is 5.92 Å². The first-order chi connectivity index (χ1) is 8.02. The van der Waals surface area contributed by atoms with Crippen molar-refractivity contribution >= 4 is 5.78 Å². The Morgan fingerprint density at radius 3 is 2.12 bits per heavy atom. The topological polar surface area (TPSA) is 17.1 Å². The maximum atomic E-state index is 13.6. The van der Waals surface area contributed by atoms with Crippen LogP contribution in [0.15, 0.2) is 0 Å². The molecule has 17 heavy (non-hydrogen) atoms. The van der Waals surface area contributed by atoms with Crippen LogP contribution in [0.1, 0.15) is 41.1 Å². The Morgan fingerprint density at radius 1 is 0.824 bits per heavy atom. The molecule has 0 amide bonds. The number of carbonyl (C=O) groups is 1. The first-order valence-corrected chi connectivity index (χ1v) is 5.42. The molecule has 0 heterocycles. The molecule has 0 aromatic heterocycles. The van der Waals surface area contributed by atoms with Gasteiger partial charge in [-0.25, -0.2) is 17.6 Å². The number of rotatable bonds is 0. The van der Waals surface area contributed by atoms with Crippen LogP contribution in [0.5, 0.6) is 0 Å². The third-order valence-electron chi connectivity index (χ3n) is 3.76. The minimum Gasteiger partial charge on any atom is -0.294 e. The van der Waals surface area contributed by atoms with E-state index in [1.165, 1.54) is 0 Å². The van der Waals surface area contributed by atoms with E-state index in [2.05, 4.69) is 0 Å². The molecule has 1 fully saturated rings. The van der Waals surface area contributed by atoms with Gasteiger partial charge in [0.1, 0.15) is 0 Å². The molecule has 0 spiro atoms. The van der Waals surface area contributed by atoms with Crippen molar-refractivity contribution in [2.75, 3.05) is 0 Å². The van der Waals surface area contributed by atoms with Crippen molar-refractivity contribution in [2.45, 2.75) is 25.2 Å². The minimum atomic E-state index is -1.89. The van der Waals surface area contributed by atoms with Crippen LogP contribution in [0.4, 0.5) is 17.6 Å². The zero-order valence-electron chi connectivity index (χ0n) is 8.70. The van der Waals surface area contributed by atoms with Crippen LogP contribution >= 0.6 is 0 Å². The summed E-state index contributed by atoms with van der Waals surface area (Å²) < 4.78 is 53.4. The van der Waals surface area contributed by atoms with Gasteiger partial charge in [0, 0.05) is 11.5 Å². The summed E-state index contributed by atoms with van der Waals surface area (Å²) in [5.74, 6) is -7.99. The fraction of sp³-hybridized carbons (Fsp3) is 0.417. The second-order valence-electron chi connectivity index (χ2n) is 4.62. The van der Waals surface area contributed by atoms with E-state index in [1.54, 1.807) is 0 Å². The van der Waals surface area contributed by atoms with Gasteiger partial charge in [-0.15, -0.1) is 0 Å². The van der Waals surface area contributed by atoms with Crippen molar-refractivity contribution < 1.29 is 22.4 Å². The SMILES string of the molecule is O=C1c2c(F)c(F)c(F)c(F)c2C2CCC1C2. The summed E-state index contributed by atoms with van der Waals surface area (Å²) in [5, 5.41) is 0. The first-order valence-electron chi connectivity index (χ1n) is 5.42. The highest BCUT2D eigenvalue weighted by atomic mass is 19.2. The molecule has 2 bridgehead atoms. The van der Waals surface area contributed by atoms with E-state index >= 15 is 0 Å². The molecule has 1 aromatic rings. The van der Waals surface area contributed by atoms with Crippen molar-refractivity contribution in [1.82, 2.24) is 0 Å². The van der Waals surface area contributed by atoms with E-state index in [4.69, 9.17) is 0 Å². The lowest BCUT2D eigenvalue weighted by Gasteiger charge is -2.23. The molecule has 0 N–H and O–H groups in total. The van der Waals surface area contributed by atoms with Gasteiger partial charge in [0.2, 0.25) is 0 Å². The standard InChI is InChI=1S/C12H8F4O/c13-8-6-4-1-2-5(3-4)12(17)7(6)9(14)11(16)10(8)15/h4-5H,1-3H2. The Labute approximate surface area is 94.4 Å². The number of Topliss-reactive ketones (excluding diaryl/α,β-unsaturated/α-hetero) is 1. The van der Waals surface area contributed by atoms with E-state index in [-0.39, 0.29) is 17.4 Å². The number of hydrogen-bond acceptors (Lipinski definition) is 1. The highest BCUT2D eigenvalue weighted by Crippen LogP contribution is 2.48. The summed E-state index contributed by atoms with van der Waals surface area (Å²) in [5.41, 5.74) is -0.833. The van der Waals surface area contributed by atoms with Crippen LogP contribution in [-0.2, 0) is 0 Å². The van der Waals surface area contributed by atoms with Crippen LogP contribution in [-0.4, -0.2) is 5.78 Å². The van der Waals surface area contributed by atoms with Crippen molar-refractivity contribution in [3.05, 3.63) is 34.4 Å². The number of fused-ring (bicyclic) bond motifs is 4. The van der Waals surface area contributed by atoms with Gasteiger partial charge in [-0.05, 0) is 25.2 Å². The van der Waals surface area contributed by atoms with Crippen LogP contribution in [0.3, 0.4) is 0 Å². The lowest BCUT2D eigenvalue weighted by molar-refractivity contribution is 0.0906. The molecule has 1 aromatic carbocycles. The summed E-state index contributed by atoms with van der Waals surface area (Å²) in [6.07, 6.45) is 1.46. The summed E-state index contributed by atoms with van der Waals surface area (Å²) in [6.45, 7) is 0. The Morgan fingerprint density at radius 2 is 1.41 bits per heavy atom. The predicted octanol–water partition coefficient (Wildman–Crippen LogP) is 3.32. The van der Waals surface area contributed by atoms with Crippen molar-refractivity contribution in [3.8, 4) is 0 Å². The zero-order chi connectivity index (χ0) is 12.3. The largest absolute Gasteiger partial charge is 0.294 e. The Hall–Kier alpha value is -1.39. The highest BCUT2D eigenvalue weighted by Gasteiger charge is 2.44. The van der Waals surface area contributed by atoms with Gasteiger partial charge in [-0.2, -0.15) is 0 Å². The monoisotopic (exact) mass is 244 g/mol. The highest BCUT2D eigenvalue weighted by molar-refractivity contribution is 6.01. The molecular formula is C12H8F4O. The number of carbonyl (C=O) groups excluding carboxylic acids is 1. The fourth-order valence-corrected chi connectivity index (χ4v) is 2.96. The summed E-state index contributed by atoms with van der Waals surface area (Å²) in [6, 6.07) is 0. The second kappa shape index (κ2) is 3.31. The van der Waals surface area contributed by atoms with Crippen LogP contribution < -0.4 is 0 Å². The van der Waals surface area contributed by atoms with E-state index in [1.807, 2.05) is 0 Å². The molecule has 90 valence electrons. The van der Waals surface area contributed by atoms with E-state index in [0.29, 0.717) is 19.3 Å². The smallest absolute Gasteiger partial charge is 0.198 e. The minimum absolute atomic E-state index is 0.264. The van der Waals surface area contributed by atoms with Gasteiger partial charge in [-0.1, -0.05) is 0 Å². The Kier molecular flexibility index (Phi) is 2.09. The van der Waals surface area contributed by atoms with E-state index < -0.39 is 34.6 Å². The molecule has 0 radical (unpaired) electrons. The molecule has 2 aliphatic carbocycles. The zero-order valence-corrected chi connectivity index (χ0v) is 8.70. The molecule has 0 aliphatic heterocycles. The third-order valence-corrected chi connectivity index (χ3v) is 3.76. The molecule has 1 nitrogen and oxygen atoms in total. The quantitative estimate of drug-likeness (QED) is 0.388. The summed E-state index contributed by atoms with van der Waals surface area (Å²) >= 11 is 0. The summed E-state index contributed by atoms with van der Waals surface area (Å²) in [7, 11) is 0. The molecule has 2 aliphatic rings. The molecule has 2 atom stereocenters. The Balaban J connectivity index is 2.37. The van der Waals surface area contributed by atoms with E-state index in [9.17, 15) is 22.4 Å². The van der Waals surface area contributed by atoms with Crippen LogP contribution in [0, 0.1) is 29.2 Å². The maximum absolute atomic E-state index is 13.6. The van der Waals surface area contributed by atoms with Gasteiger partial charge >= 0.3 is 0 Å². The van der Waals surface area contributed by atoms with Crippen LogP contribution in [0.25, 0.3) is 0 Å². The van der Waals surface area contributed by atoms with Gasteiger partial charge in [0.25, 0.3) is 0 Å². The third kappa shape index (κ3) is 1.22. The first kappa shape index (κ1) is 10.7. The fourth-order valence-electron chi connectivity index (χ4n) is 2.96. The number of ketones is 1. The average molecular weight is 244 g/mol. The van der Waals surface area contributed by atoms with Crippen molar-refractivity contribution in [3.63, 3.8) is 0 Å². The van der Waals surface area contributed by atoms with Gasteiger partial charge in [0.15, 0.2) is 29.1 Å². The number of benzene rings is 1. The maximum Gasteiger partial charge on any atom is 0.198 e. The predicted molar refractivity (Wildman–Crippen MR) is 50.7 cm³/mol. The molecule has 2 unspecified atom stereocenters. The summed E-state index contributed by atoms with van der Waals surface area (Å²) in [4.78, 5) is 11.8. The average Bonchev–Trinajstić information content (AvgIpc) is 2.74.